The van der Waals surface area contributed by atoms with Gasteiger partial charge in [-0.05, 0) is 92.2 Å². The van der Waals surface area contributed by atoms with Crippen molar-refractivity contribution in [1.29, 1.82) is 0 Å². The van der Waals surface area contributed by atoms with E-state index in [4.69, 9.17) is 4.74 Å². The summed E-state index contributed by atoms with van der Waals surface area (Å²) in [5.74, 6) is 5.96. The number of anilines is 4. The molecule has 332 valence electrons. The van der Waals surface area contributed by atoms with E-state index in [1.165, 1.54) is 7.11 Å². The molecule has 7 rings (SSSR count). The van der Waals surface area contributed by atoms with Crippen molar-refractivity contribution in [2.75, 3.05) is 81.0 Å². The highest BCUT2D eigenvalue weighted by Gasteiger charge is 2.34. The van der Waals surface area contributed by atoms with Gasteiger partial charge in [0.25, 0.3) is 5.91 Å². The van der Waals surface area contributed by atoms with Gasteiger partial charge in [-0.3, -0.25) is 9.59 Å². The lowest BCUT2D eigenvalue weighted by molar-refractivity contribution is -0.140. The number of carbonyl (C=O) groups is 2. The molecule has 5 atom stereocenters. The van der Waals surface area contributed by atoms with E-state index in [-0.39, 0.29) is 55.2 Å². The number of amides is 2. The third kappa shape index (κ3) is 10.0. The van der Waals surface area contributed by atoms with Gasteiger partial charge < -0.3 is 50.4 Å². The number of halogens is 4. The van der Waals surface area contributed by atoms with Crippen molar-refractivity contribution in [1.82, 2.24) is 20.1 Å². The Balaban J connectivity index is 1.03. The van der Waals surface area contributed by atoms with E-state index in [2.05, 4.69) is 50.1 Å². The SMILES string of the molecule is COc1ccc(C(=O)N[C@@H]2CCN(c3ccc4c(c3)N(C)[C@@H](C(C)C)C(=O)N[C@H](CO)C4)C2)cc1NCC#Cc1cc2c(N[C@@H]3CCN(C)C[C@@H]3F)cccc2n1CC(F)(F)F. The molecule has 4 heterocycles. The lowest BCUT2D eigenvalue weighted by atomic mass is 9.95. The molecular formula is C46H56F4N8O4. The summed E-state index contributed by atoms with van der Waals surface area (Å²) in [4.78, 5) is 32.9. The summed E-state index contributed by atoms with van der Waals surface area (Å²) in [6, 6.07) is 16.4. The molecule has 0 radical (unpaired) electrons. The zero-order valence-corrected chi connectivity index (χ0v) is 35.8. The molecule has 3 aromatic carbocycles. The number of alkyl halides is 4. The first-order valence-corrected chi connectivity index (χ1v) is 21.1. The maximum atomic E-state index is 14.9. The number of hydrogen-bond acceptors (Lipinski definition) is 9. The lowest BCUT2D eigenvalue weighted by Gasteiger charge is -2.37. The minimum Gasteiger partial charge on any atom is -0.495 e. The Labute approximate surface area is 359 Å². The maximum Gasteiger partial charge on any atom is 0.406 e. The minimum absolute atomic E-state index is 0.0348. The van der Waals surface area contributed by atoms with Crippen molar-refractivity contribution in [3.05, 3.63) is 77.5 Å². The standard InChI is InChI=1S/C46H56F4N8O4/c1-28(2)43-45(61)53-32(26-59)20-29-11-13-33(23-41(29)56(43)4)57-19-15-31(24-57)52-44(60)30-12-14-42(62-5)39(21-30)51-17-7-8-34-22-35-37(54-38-16-18-55(3)25-36(38)47)9-6-10-40(35)58(34)27-46(48,49)50/h6,9-14,21-23,28,31-32,36,38,43,51,54,59H,15-20,24-27H2,1-5H3,(H,52,60)(H,53,61)/t31-,32+,36+,38-,43+/m1/s1. The number of fused-ring (bicyclic) bond motifs is 2. The second kappa shape index (κ2) is 18.8. The quantitative estimate of drug-likeness (QED) is 0.0965. The van der Waals surface area contributed by atoms with Gasteiger partial charge in [0, 0.05) is 67.3 Å². The average Bonchev–Trinajstić information content (AvgIpc) is 3.83. The van der Waals surface area contributed by atoms with Crippen molar-refractivity contribution >= 4 is 45.5 Å². The number of aromatic nitrogens is 1. The number of hydrogen-bond donors (Lipinski definition) is 5. The molecule has 3 aliphatic rings. The summed E-state index contributed by atoms with van der Waals surface area (Å²) in [7, 11) is 5.29. The number of ether oxygens (including phenoxy) is 1. The van der Waals surface area contributed by atoms with Crippen LogP contribution >= 0.6 is 0 Å². The number of benzene rings is 3. The number of nitrogens with one attached hydrogen (secondary N) is 4. The van der Waals surface area contributed by atoms with E-state index >= 15 is 0 Å². The van der Waals surface area contributed by atoms with Crippen LogP contribution in [-0.2, 0) is 17.8 Å². The molecule has 0 saturated carbocycles. The van der Waals surface area contributed by atoms with Gasteiger partial charge in [0.15, 0.2) is 0 Å². The Morgan fingerprint density at radius 1 is 1.03 bits per heavy atom. The van der Waals surface area contributed by atoms with Crippen molar-refractivity contribution in [2.45, 2.75) is 76.2 Å². The molecule has 62 heavy (non-hydrogen) atoms. The molecule has 16 heteroatoms. The van der Waals surface area contributed by atoms with Crippen molar-refractivity contribution in [3.8, 4) is 17.6 Å². The van der Waals surface area contributed by atoms with Crippen molar-refractivity contribution < 1.29 is 37.0 Å². The molecule has 2 fully saturated rings. The average molecular weight is 861 g/mol. The van der Waals surface area contributed by atoms with E-state index in [0.717, 1.165) is 27.9 Å². The Morgan fingerprint density at radius 2 is 1.84 bits per heavy atom. The van der Waals surface area contributed by atoms with Gasteiger partial charge in [0.05, 0.1) is 49.2 Å². The third-order valence-corrected chi connectivity index (χ3v) is 12.1. The first-order valence-electron chi connectivity index (χ1n) is 21.1. The largest absolute Gasteiger partial charge is 0.495 e. The zero-order chi connectivity index (χ0) is 44.3. The van der Waals surface area contributed by atoms with Gasteiger partial charge in [-0.15, -0.1) is 0 Å². The molecule has 1 aromatic heterocycles. The zero-order valence-electron chi connectivity index (χ0n) is 35.8. The molecule has 0 bridgehead atoms. The van der Waals surface area contributed by atoms with Crippen LogP contribution in [0, 0.1) is 17.8 Å². The fourth-order valence-electron chi connectivity index (χ4n) is 8.96. The number of aliphatic hydroxyl groups excluding tert-OH is 1. The van der Waals surface area contributed by atoms with Gasteiger partial charge in [-0.2, -0.15) is 13.2 Å². The van der Waals surface area contributed by atoms with Crippen LogP contribution < -0.4 is 35.8 Å². The first-order chi connectivity index (χ1) is 29.6. The smallest absolute Gasteiger partial charge is 0.406 e. The van der Waals surface area contributed by atoms with Crippen LogP contribution in [0.2, 0.25) is 0 Å². The summed E-state index contributed by atoms with van der Waals surface area (Å²) < 4.78 is 63.1. The molecule has 5 N–H and O–H groups in total. The summed E-state index contributed by atoms with van der Waals surface area (Å²) in [6.07, 6.45) is -3.85. The normalized spacial score (nSPS) is 22.0. The number of carbonyl (C=O) groups excluding carboxylic acids is 2. The summed E-state index contributed by atoms with van der Waals surface area (Å²) in [5.41, 5.74) is 4.89. The van der Waals surface area contributed by atoms with Gasteiger partial charge >= 0.3 is 6.18 Å². The van der Waals surface area contributed by atoms with Gasteiger partial charge in [0.2, 0.25) is 5.91 Å². The molecule has 2 amide bonds. The Kier molecular flexibility index (Phi) is 13.4. The van der Waals surface area contributed by atoms with Gasteiger partial charge in [0.1, 0.15) is 24.5 Å². The second-order valence-electron chi connectivity index (χ2n) is 17.0. The van der Waals surface area contributed by atoms with Crippen LogP contribution in [0.1, 0.15) is 48.3 Å². The molecule has 4 aromatic rings. The number of piperidine rings is 1. The number of rotatable bonds is 11. The number of nitrogens with zero attached hydrogens (tertiary/aromatic N) is 4. The van der Waals surface area contributed by atoms with E-state index in [0.29, 0.717) is 66.1 Å². The van der Waals surface area contributed by atoms with Crippen LogP contribution in [0.3, 0.4) is 0 Å². The first kappa shape index (κ1) is 44.4. The number of likely N-dealkylation sites (tertiary alicyclic amines) is 1. The van der Waals surface area contributed by atoms with Crippen LogP contribution in [-0.4, -0.2) is 123 Å². The minimum atomic E-state index is -4.51. The van der Waals surface area contributed by atoms with Crippen molar-refractivity contribution in [2.24, 2.45) is 5.92 Å². The predicted octanol–water partition coefficient (Wildman–Crippen LogP) is 5.63. The second-order valence-corrected chi connectivity index (χ2v) is 17.0. The summed E-state index contributed by atoms with van der Waals surface area (Å²) >= 11 is 0. The van der Waals surface area contributed by atoms with Crippen LogP contribution in [0.15, 0.2) is 60.7 Å². The maximum absolute atomic E-state index is 14.9. The van der Waals surface area contributed by atoms with Crippen molar-refractivity contribution in [3.63, 3.8) is 0 Å². The molecule has 0 spiro atoms. The fraction of sp³-hybridized carbons (Fsp3) is 0.478. The number of methoxy groups -OCH3 is 1. The predicted molar refractivity (Wildman–Crippen MR) is 235 cm³/mol. The highest BCUT2D eigenvalue weighted by atomic mass is 19.4. The molecule has 0 aliphatic carbocycles. The number of aliphatic hydroxyl groups is 1. The lowest BCUT2D eigenvalue weighted by Crippen LogP contribution is -2.54. The molecule has 2 saturated heterocycles. The van der Waals surface area contributed by atoms with E-state index < -0.39 is 31.0 Å². The highest BCUT2D eigenvalue weighted by Crippen LogP contribution is 2.34. The summed E-state index contributed by atoms with van der Waals surface area (Å²) in [6.45, 7) is 4.93. The van der Waals surface area contributed by atoms with Gasteiger partial charge in [-0.1, -0.05) is 31.9 Å². The van der Waals surface area contributed by atoms with Crippen LogP contribution in [0.4, 0.5) is 40.3 Å². The monoisotopic (exact) mass is 860 g/mol. The Morgan fingerprint density at radius 3 is 2.56 bits per heavy atom. The van der Waals surface area contributed by atoms with Gasteiger partial charge in [-0.25, -0.2) is 4.39 Å². The highest BCUT2D eigenvalue weighted by molar-refractivity contribution is 5.96. The molecule has 3 aliphatic heterocycles. The van der Waals surface area contributed by atoms with E-state index in [9.17, 15) is 32.3 Å². The fourth-order valence-corrected chi connectivity index (χ4v) is 8.96. The third-order valence-electron chi connectivity index (χ3n) is 12.1. The Bertz CT molecular complexity index is 2320. The molecule has 12 nitrogen and oxygen atoms in total. The molecule has 0 unspecified atom stereocenters. The summed E-state index contributed by atoms with van der Waals surface area (Å²) in [5, 5.41) is 23.1. The Hall–Kier alpha value is -5.66. The van der Waals surface area contributed by atoms with Crippen LogP contribution in [0.5, 0.6) is 5.75 Å². The topological polar surface area (TPSA) is 126 Å². The number of likely N-dealkylation sites (N-methyl/N-ethyl adjacent to an activating group) is 1. The molecular weight excluding hydrogens is 805 g/mol. The van der Waals surface area contributed by atoms with Crippen LogP contribution in [0.25, 0.3) is 10.9 Å². The van der Waals surface area contributed by atoms with E-state index in [1.807, 2.05) is 43.8 Å². The van der Waals surface area contributed by atoms with E-state index in [1.54, 1.807) is 42.5 Å².